The van der Waals surface area contributed by atoms with Gasteiger partial charge in [0.15, 0.2) is 0 Å². The Labute approximate surface area is 157 Å². The van der Waals surface area contributed by atoms with Gasteiger partial charge in [0.25, 0.3) is 0 Å². The van der Waals surface area contributed by atoms with Gasteiger partial charge in [-0.2, -0.15) is 10.2 Å². The van der Waals surface area contributed by atoms with Crippen molar-refractivity contribution in [2.45, 2.75) is 13.1 Å². The molecule has 2 heterocycles. The first-order valence-electron chi connectivity index (χ1n) is 8.61. The van der Waals surface area contributed by atoms with E-state index < -0.39 is 0 Å². The standard InChI is InChI=1S/C22H17N3O2/c23-14-20-22(27-21(24-20)18-10-5-2-6-11-18)25(16-19-12-7-13-26-19)15-17-8-3-1-4-9-17/h1-13H,15-16H2. The van der Waals surface area contributed by atoms with Crippen molar-refractivity contribution in [3.63, 3.8) is 0 Å². The van der Waals surface area contributed by atoms with Gasteiger partial charge in [0.05, 0.1) is 12.8 Å². The Kier molecular flexibility index (Phi) is 4.71. The summed E-state index contributed by atoms with van der Waals surface area (Å²) in [7, 11) is 0. The van der Waals surface area contributed by atoms with Crippen LogP contribution in [0.4, 0.5) is 5.88 Å². The van der Waals surface area contributed by atoms with Gasteiger partial charge in [-0.25, -0.2) is 0 Å². The zero-order valence-corrected chi connectivity index (χ0v) is 14.6. The number of nitriles is 1. The van der Waals surface area contributed by atoms with E-state index in [0.717, 1.165) is 16.9 Å². The molecule has 0 unspecified atom stereocenters. The average molecular weight is 355 g/mol. The molecule has 0 aliphatic rings. The fraction of sp³-hybridized carbons (Fsp3) is 0.0909. The van der Waals surface area contributed by atoms with Gasteiger partial charge >= 0.3 is 0 Å². The average Bonchev–Trinajstić information content (AvgIpc) is 3.38. The Hall–Kier alpha value is -3.78. The highest BCUT2D eigenvalue weighted by molar-refractivity contribution is 5.59. The predicted molar refractivity (Wildman–Crippen MR) is 102 cm³/mol. The van der Waals surface area contributed by atoms with Gasteiger partial charge in [0.2, 0.25) is 17.5 Å². The zero-order chi connectivity index (χ0) is 18.5. The molecule has 0 atom stereocenters. The van der Waals surface area contributed by atoms with Crippen LogP contribution in [0.2, 0.25) is 0 Å². The molecule has 0 bridgehead atoms. The van der Waals surface area contributed by atoms with E-state index in [-0.39, 0.29) is 5.69 Å². The molecule has 5 heteroatoms. The predicted octanol–water partition coefficient (Wildman–Crippen LogP) is 5.01. The van der Waals surface area contributed by atoms with Crippen molar-refractivity contribution in [1.29, 1.82) is 5.26 Å². The molecule has 4 rings (SSSR count). The highest BCUT2D eigenvalue weighted by atomic mass is 16.4. The lowest BCUT2D eigenvalue weighted by Gasteiger charge is -2.21. The summed E-state index contributed by atoms with van der Waals surface area (Å²) in [4.78, 5) is 6.36. The number of nitrogens with zero attached hydrogens (tertiary/aromatic N) is 3. The van der Waals surface area contributed by atoms with Gasteiger partial charge in [-0.05, 0) is 29.8 Å². The quantitative estimate of drug-likeness (QED) is 0.486. The fourth-order valence-corrected chi connectivity index (χ4v) is 2.90. The molecule has 0 spiro atoms. The van der Waals surface area contributed by atoms with E-state index in [1.807, 2.05) is 77.7 Å². The summed E-state index contributed by atoms with van der Waals surface area (Å²) in [6, 6.07) is 25.5. The second-order valence-electron chi connectivity index (χ2n) is 6.07. The van der Waals surface area contributed by atoms with Crippen molar-refractivity contribution in [1.82, 2.24) is 4.98 Å². The molecule has 4 aromatic rings. The number of anilines is 1. The van der Waals surface area contributed by atoms with E-state index >= 15 is 0 Å². The number of hydrogen-bond donors (Lipinski definition) is 0. The van der Waals surface area contributed by atoms with Crippen LogP contribution in [0.3, 0.4) is 0 Å². The topological polar surface area (TPSA) is 66.2 Å². The van der Waals surface area contributed by atoms with Crippen molar-refractivity contribution in [3.8, 4) is 17.5 Å². The fourth-order valence-electron chi connectivity index (χ4n) is 2.90. The molecule has 0 aliphatic heterocycles. The summed E-state index contributed by atoms with van der Waals surface area (Å²) >= 11 is 0. The lowest BCUT2D eigenvalue weighted by molar-refractivity contribution is 0.483. The molecule has 0 saturated heterocycles. The molecular formula is C22H17N3O2. The van der Waals surface area contributed by atoms with E-state index in [2.05, 4.69) is 11.1 Å². The first-order chi connectivity index (χ1) is 13.3. The van der Waals surface area contributed by atoms with Crippen molar-refractivity contribution >= 4 is 5.88 Å². The van der Waals surface area contributed by atoms with Crippen LogP contribution in [0.1, 0.15) is 17.0 Å². The minimum Gasteiger partial charge on any atom is -0.467 e. The Balaban J connectivity index is 1.72. The second-order valence-corrected chi connectivity index (χ2v) is 6.07. The van der Waals surface area contributed by atoms with Crippen LogP contribution in [-0.2, 0) is 13.1 Å². The van der Waals surface area contributed by atoms with Crippen LogP contribution in [0.5, 0.6) is 0 Å². The molecule has 0 radical (unpaired) electrons. The van der Waals surface area contributed by atoms with E-state index in [1.165, 1.54) is 0 Å². The van der Waals surface area contributed by atoms with Gasteiger partial charge in [0.1, 0.15) is 11.8 Å². The zero-order valence-electron chi connectivity index (χ0n) is 14.6. The number of oxazole rings is 1. The Morgan fingerprint density at radius 3 is 2.30 bits per heavy atom. The summed E-state index contributed by atoms with van der Waals surface area (Å²) in [6.45, 7) is 1.04. The Morgan fingerprint density at radius 1 is 0.889 bits per heavy atom. The third kappa shape index (κ3) is 3.75. The molecule has 0 saturated carbocycles. The molecule has 27 heavy (non-hydrogen) atoms. The van der Waals surface area contributed by atoms with E-state index in [0.29, 0.717) is 24.9 Å². The van der Waals surface area contributed by atoms with Gasteiger partial charge in [0, 0.05) is 12.1 Å². The first-order valence-corrected chi connectivity index (χ1v) is 8.61. The van der Waals surface area contributed by atoms with E-state index in [9.17, 15) is 5.26 Å². The van der Waals surface area contributed by atoms with Crippen LogP contribution in [0, 0.1) is 11.3 Å². The monoisotopic (exact) mass is 355 g/mol. The minimum atomic E-state index is 0.261. The highest BCUT2D eigenvalue weighted by Crippen LogP contribution is 2.30. The maximum Gasteiger partial charge on any atom is 0.235 e. The SMILES string of the molecule is N#Cc1nc(-c2ccccc2)oc1N(Cc1ccccc1)Cc1ccco1. The number of rotatable bonds is 6. The Bertz CT molecular complexity index is 1030. The number of hydrogen-bond acceptors (Lipinski definition) is 5. The van der Waals surface area contributed by atoms with Gasteiger partial charge < -0.3 is 13.7 Å². The second kappa shape index (κ2) is 7.63. The number of benzene rings is 2. The highest BCUT2D eigenvalue weighted by Gasteiger charge is 2.22. The van der Waals surface area contributed by atoms with Gasteiger partial charge in [-0.15, -0.1) is 0 Å². The molecule has 0 N–H and O–H groups in total. The molecule has 2 aromatic heterocycles. The van der Waals surface area contributed by atoms with Crippen molar-refractivity contribution in [3.05, 3.63) is 96.1 Å². The molecule has 132 valence electrons. The summed E-state index contributed by atoms with van der Waals surface area (Å²) in [5, 5.41) is 9.60. The van der Waals surface area contributed by atoms with Crippen molar-refractivity contribution < 1.29 is 8.83 Å². The number of aromatic nitrogens is 1. The first kappa shape index (κ1) is 16.7. The van der Waals surface area contributed by atoms with Crippen LogP contribution in [0.15, 0.2) is 87.9 Å². The van der Waals surface area contributed by atoms with Crippen LogP contribution >= 0.6 is 0 Å². The van der Waals surface area contributed by atoms with Crippen LogP contribution < -0.4 is 4.90 Å². The van der Waals surface area contributed by atoms with Crippen LogP contribution in [-0.4, -0.2) is 4.98 Å². The largest absolute Gasteiger partial charge is 0.467 e. The van der Waals surface area contributed by atoms with Crippen molar-refractivity contribution in [2.75, 3.05) is 4.90 Å². The third-order valence-electron chi connectivity index (χ3n) is 4.17. The molecular weight excluding hydrogens is 338 g/mol. The third-order valence-corrected chi connectivity index (χ3v) is 4.17. The summed E-state index contributed by atoms with van der Waals surface area (Å²) < 4.78 is 11.5. The van der Waals surface area contributed by atoms with E-state index in [1.54, 1.807) is 6.26 Å². The van der Waals surface area contributed by atoms with E-state index in [4.69, 9.17) is 8.83 Å². The van der Waals surface area contributed by atoms with Crippen LogP contribution in [0.25, 0.3) is 11.5 Å². The molecule has 5 nitrogen and oxygen atoms in total. The summed E-state index contributed by atoms with van der Waals surface area (Å²) in [5.41, 5.74) is 2.19. The molecule has 0 fully saturated rings. The minimum absolute atomic E-state index is 0.261. The number of furan rings is 1. The maximum atomic E-state index is 9.60. The molecule has 2 aromatic carbocycles. The van der Waals surface area contributed by atoms with Gasteiger partial charge in [-0.1, -0.05) is 48.5 Å². The summed E-state index contributed by atoms with van der Waals surface area (Å²) in [5.74, 6) is 1.66. The molecule has 0 amide bonds. The van der Waals surface area contributed by atoms with Crippen molar-refractivity contribution in [2.24, 2.45) is 0 Å². The molecule has 0 aliphatic carbocycles. The lowest BCUT2D eigenvalue weighted by atomic mass is 10.2. The smallest absolute Gasteiger partial charge is 0.235 e. The summed E-state index contributed by atoms with van der Waals surface area (Å²) in [6.07, 6.45) is 1.64. The van der Waals surface area contributed by atoms with Gasteiger partial charge in [-0.3, -0.25) is 0 Å². The normalized spacial score (nSPS) is 10.5. The maximum absolute atomic E-state index is 9.60. The lowest BCUT2D eigenvalue weighted by Crippen LogP contribution is -2.22. The Morgan fingerprint density at radius 2 is 1.63 bits per heavy atom.